The van der Waals surface area contributed by atoms with Crippen molar-refractivity contribution in [2.75, 3.05) is 19.6 Å². The van der Waals surface area contributed by atoms with Crippen molar-refractivity contribution < 1.29 is 4.79 Å². The highest BCUT2D eigenvalue weighted by atomic mass is 16.1. The average molecular weight is 257 g/mol. The number of piperidine rings is 1. The summed E-state index contributed by atoms with van der Waals surface area (Å²) in [5, 5.41) is 0. The number of carbonyl (C=O) groups excluding carboxylic acids is 1. The maximum atomic E-state index is 11.6. The normalized spacial score (nSPS) is 28.2. The van der Waals surface area contributed by atoms with Crippen molar-refractivity contribution in [1.82, 2.24) is 4.90 Å². The predicted molar refractivity (Wildman–Crippen MR) is 77.3 cm³/mol. The summed E-state index contributed by atoms with van der Waals surface area (Å²) in [4.78, 5) is 14.1. The minimum Gasteiger partial charge on any atom is -0.302 e. The van der Waals surface area contributed by atoms with Gasteiger partial charge in [-0.2, -0.15) is 0 Å². The lowest BCUT2D eigenvalue weighted by Gasteiger charge is -2.35. The Bertz CT molecular complexity index is 468. The van der Waals surface area contributed by atoms with Crippen LogP contribution in [0.1, 0.15) is 43.2 Å². The molecule has 1 heterocycles. The molecule has 0 N–H and O–H groups in total. The average Bonchev–Trinajstić information content (AvgIpc) is 2.43. The molecular formula is C17H23NO. The number of hydrogen-bond acceptors (Lipinski definition) is 2. The molecule has 2 unspecified atom stereocenters. The molecule has 3 rings (SSSR count). The smallest absolute Gasteiger partial charge is 0.138 e. The zero-order valence-electron chi connectivity index (χ0n) is 11.8. The molecule has 102 valence electrons. The summed E-state index contributed by atoms with van der Waals surface area (Å²) in [6, 6.07) is 8.91. The Morgan fingerprint density at radius 1 is 1.26 bits per heavy atom. The monoisotopic (exact) mass is 257 g/mol. The zero-order valence-corrected chi connectivity index (χ0v) is 11.8. The van der Waals surface area contributed by atoms with E-state index in [-0.39, 0.29) is 5.92 Å². The van der Waals surface area contributed by atoms with Gasteiger partial charge in [-0.25, -0.2) is 0 Å². The maximum Gasteiger partial charge on any atom is 0.138 e. The summed E-state index contributed by atoms with van der Waals surface area (Å²) in [5.41, 5.74) is 3.10. The van der Waals surface area contributed by atoms with Crippen molar-refractivity contribution in [3.05, 3.63) is 35.4 Å². The van der Waals surface area contributed by atoms with E-state index in [0.717, 1.165) is 26.1 Å². The Morgan fingerprint density at radius 2 is 2.11 bits per heavy atom. The van der Waals surface area contributed by atoms with Crippen molar-refractivity contribution in [3.8, 4) is 0 Å². The van der Waals surface area contributed by atoms with Gasteiger partial charge in [0.05, 0.1) is 0 Å². The lowest BCUT2D eigenvalue weighted by atomic mass is 9.82. The SMILES string of the molecule is CC1CN(CC2CCCc3ccccc32)CCC1=O. The van der Waals surface area contributed by atoms with Crippen molar-refractivity contribution in [3.63, 3.8) is 0 Å². The van der Waals surface area contributed by atoms with Crippen molar-refractivity contribution in [2.24, 2.45) is 5.92 Å². The van der Waals surface area contributed by atoms with E-state index >= 15 is 0 Å². The quantitative estimate of drug-likeness (QED) is 0.811. The molecule has 0 saturated carbocycles. The van der Waals surface area contributed by atoms with Crippen LogP contribution in [0.25, 0.3) is 0 Å². The molecule has 2 aliphatic rings. The number of aryl methyl sites for hydroxylation is 1. The van der Waals surface area contributed by atoms with Crippen LogP contribution in [-0.4, -0.2) is 30.3 Å². The van der Waals surface area contributed by atoms with E-state index < -0.39 is 0 Å². The van der Waals surface area contributed by atoms with Gasteiger partial charge in [0.1, 0.15) is 5.78 Å². The first-order valence-corrected chi connectivity index (χ1v) is 7.57. The molecule has 0 spiro atoms. The molecule has 0 radical (unpaired) electrons. The van der Waals surface area contributed by atoms with Gasteiger partial charge in [0, 0.05) is 32.0 Å². The minimum absolute atomic E-state index is 0.229. The van der Waals surface area contributed by atoms with Gasteiger partial charge < -0.3 is 4.90 Å². The summed E-state index contributed by atoms with van der Waals surface area (Å²) >= 11 is 0. The summed E-state index contributed by atoms with van der Waals surface area (Å²) in [6.45, 7) is 5.12. The Morgan fingerprint density at radius 3 is 2.95 bits per heavy atom. The standard InChI is InChI=1S/C17H23NO/c1-13-11-18(10-9-17(13)19)12-15-7-4-6-14-5-2-3-8-16(14)15/h2-3,5,8,13,15H,4,6-7,9-12H2,1H3. The number of Topliss-reactive ketones (excluding diaryl/α,β-unsaturated/α-hetero) is 1. The fraction of sp³-hybridized carbons (Fsp3) is 0.588. The molecule has 0 amide bonds. The summed E-state index contributed by atoms with van der Waals surface area (Å²) < 4.78 is 0. The largest absolute Gasteiger partial charge is 0.302 e. The van der Waals surface area contributed by atoms with Crippen LogP contribution in [0.15, 0.2) is 24.3 Å². The van der Waals surface area contributed by atoms with E-state index in [1.54, 1.807) is 11.1 Å². The third-order valence-electron chi connectivity index (χ3n) is 4.73. The second kappa shape index (κ2) is 5.46. The molecule has 19 heavy (non-hydrogen) atoms. The van der Waals surface area contributed by atoms with Gasteiger partial charge in [-0.3, -0.25) is 4.79 Å². The number of rotatable bonds is 2. The summed E-state index contributed by atoms with van der Waals surface area (Å²) in [5.74, 6) is 1.35. The van der Waals surface area contributed by atoms with E-state index in [4.69, 9.17) is 0 Å². The molecule has 1 saturated heterocycles. The van der Waals surface area contributed by atoms with E-state index in [1.807, 2.05) is 0 Å². The fourth-order valence-electron chi connectivity index (χ4n) is 3.62. The first kappa shape index (κ1) is 12.9. The molecule has 1 aromatic rings. The van der Waals surface area contributed by atoms with Crippen molar-refractivity contribution in [1.29, 1.82) is 0 Å². The fourth-order valence-corrected chi connectivity index (χ4v) is 3.62. The molecular weight excluding hydrogens is 234 g/mol. The highest BCUT2D eigenvalue weighted by Crippen LogP contribution is 2.32. The number of benzene rings is 1. The third-order valence-corrected chi connectivity index (χ3v) is 4.73. The highest BCUT2D eigenvalue weighted by Gasteiger charge is 2.27. The van der Waals surface area contributed by atoms with Crippen LogP contribution in [-0.2, 0) is 11.2 Å². The number of fused-ring (bicyclic) bond motifs is 1. The number of likely N-dealkylation sites (tertiary alicyclic amines) is 1. The Balaban J connectivity index is 1.69. The van der Waals surface area contributed by atoms with Crippen LogP contribution in [0.4, 0.5) is 0 Å². The van der Waals surface area contributed by atoms with E-state index in [1.165, 1.54) is 19.3 Å². The van der Waals surface area contributed by atoms with Crippen LogP contribution < -0.4 is 0 Å². The molecule has 0 aromatic heterocycles. The van der Waals surface area contributed by atoms with Gasteiger partial charge in [0.15, 0.2) is 0 Å². The molecule has 0 bridgehead atoms. The van der Waals surface area contributed by atoms with Crippen LogP contribution in [0.5, 0.6) is 0 Å². The van der Waals surface area contributed by atoms with Crippen molar-refractivity contribution in [2.45, 2.75) is 38.5 Å². The number of nitrogens with zero attached hydrogens (tertiary/aromatic N) is 1. The van der Waals surface area contributed by atoms with Gasteiger partial charge in [-0.15, -0.1) is 0 Å². The minimum atomic E-state index is 0.229. The van der Waals surface area contributed by atoms with Crippen LogP contribution in [0.2, 0.25) is 0 Å². The molecule has 2 heteroatoms. The number of carbonyl (C=O) groups is 1. The van der Waals surface area contributed by atoms with Gasteiger partial charge in [-0.05, 0) is 36.3 Å². The second-order valence-corrected chi connectivity index (χ2v) is 6.16. The molecule has 2 nitrogen and oxygen atoms in total. The van der Waals surface area contributed by atoms with E-state index in [2.05, 4.69) is 36.1 Å². The molecule has 1 aromatic carbocycles. The van der Waals surface area contributed by atoms with Crippen LogP contribution >= 0.6 is 0 Å². The van der Waals surface area contributed by atoms with E-state index in [9.17, 15) is 4.79 Å². The Kier molecular flexibility index (Phi) is 3.69. The Hall–Kier alpha value is -1.15. The summed E-state index contributed by atoms with van der Waals surface area (Å²) in [6.07, 6.45) is 4.59. The van der Waals surface area contributed by atoms with Gasteiger partial charge >= 0.3 is 0 Å². The Labute approximate surface area is 115 Å². The second-order valence-electron chi connectivity index (χ2n) is 6.16. The van der Waals surface area contributed by atoms with Crippen LogP contribution in [0, 0.1) is 5.92 Å². The van der Waals surface area contributed by atoms with Gasteiger partial charge in [-0.1, -0.05) is 31.2 Å². The molecule has 2 atom stereocenters. The third kappa shape index (κ3) is 2.74. The lowest BCUT2D eigenvalue weighted by Crippen LogP contribution is -2.41. The highest BCUT2D eigenvalue weighted by molar-refractivity contribution is 5.81. The maximum absolute atomic E-state index is 11.6. The topological polar surface area (TPSA) is 20.3 Å². The lowest BCUT2D eigenvalue weighted by molar-refractivity contribution is -0.125. The number of ketones is 1. The predicted octanol–water partition coefficient (Wildman–Crippen LogP) is 3.02. The number of hydrogen-bond donors (Lipinski definition) is 0. The first-order valence-electron chi connectivity index (χ1n) is 7.57. The zero-order chi connectivity index (χ0) is 13.2. The van der Waals surface area contributed by atoms with Gasteiger partial charge in [0.2, 0.25) is 0 Å². The van der Waals surface area contributed by atoms with E-state index in [0.29, 0.717) is 11.7 Å². The molecule has 1 fully saturated rings. The first-order chi connectivity index (χ1) is 9.24. The summed E-state index contributed by atoms with van der Waals surface area (Å²) in [7, 11) is 0. The molecule has 1 aliphatic heterocycles. The molecule has 1 aliphatic carbocycles. The van der Waals surface area contributed by atoms with Crippen molar-refractivity contribution >= 4 is 5.78 Å². The van der Waals surface area contributed by atoms with Crippen LogP contribution in [0.3, 0.4) is 0 Å². The van der Waals surface area contributed by atoms with Gasteiger partial charge in [0.25, 0.3) is 0 Å².